The van der Waals surface area contributed by atoms with Crippen molar-refractivity contribution < 1.29 is 19.0 Å². The quantitative estimate of drug-likeness (QED) is 0.553. The number of fused-ring (bicyclic) bond motifs is 2. The Morgan fingerprint density at radius 1 is 1.09 bits per heavy atom. The number of carbonyl (C=O) groups is 1. The molecule has 2 aliphatic rings. The molecule has 4 rings (SSSR count). The van der Waals surface area contributed by atoms with Gasteiger partial charge in [-0.1, -0.05) is 6.42 Å². The van der Waals surface area contributed by atoms with Crippen molar-refractivity contribution in [3.05, 3.63) is 28.8 Å². The summed E-state index contributed by atoms with van der Waals surface area (Å²) in [6.07, 6.45) is 7.48. The highest BCUT2D eigenvalue weighted by Crippen LogP contribution is 2.32. The maximum atomic E-state index is 13.4. The molecule has 2 fully saturated rings. The molecule has 9 heteroatoms. The summed E-state index contributed by atoms with van der Waals surface area (Å²) in [5, 5.41) is 0.390. The number of piperidine rings is 2. The van der Waals surface area contributed by atoms with Crippen molar-refractivity contribution in [2.45, 2.75) is 44.7 Å². The first kappa shape index (κ1) is 24.5. The second-order valence-corrected chi connectivity index (χ2v) is 9.24. The molecule has 0 aliphatic carbocycles. The van der Waals surface area contributed by atoms with Gasteiger partial charge in [0, 0.05) is 32.3 Å². The smallest absolute Gasteiger partial charge is 0.261 e. The number of nitrogens with zero attached hydrogens (tertiary/aromatic N) is 4. The van der Waals surface area contributed by atoms with Crippen LogP contribution in [0, 0.1) is 5.92 Å². The van der Waals surface area contributed by atoms with E-state index in [1.54, 1.807) is 19.2 Å². The fraction of sp³-hybridized carbons (Fsp3) is 0.640. The fourth-order valence-corrected chi connectivity index (χ4v) is 5.44. The zero-order chi connectivity index (χ0) is 24.1. The van der Waals surface area contributed by atoms with E-state index in [1.807, 2.05) is 4.90 Å². The Balaban J connectivity index is 1.54. The molecular formula is C25H36N4O5. The Morgan fingerprint density at radius 3 is 2.62 bits per heavy atom. The Morgan fingerprint density at radius 2 is 1.85 bits per heavy atom. The largest absolute Gasteiger partial charge is 0.493 e. The summed E-state index contributed by atoms with van der Waals surface area (Å²) in [5.74, 6) is 1.33. The van der Waals surface area contributed by atoms with E-state index in [9.17, 15) is 9.59 Å². The summed E-state index contributed by atoms with van der Waals surface area (Å²) < 4.78 is 17.3. The minimum Gasteiger partial charge on any atom is -0.493 e. The summed E-state index contributed by atoms with van der Waals surface area (Å²) in [7, 11) is 4.71. The van der Waals surface area contributed by atoms with Crippen molar-refractivity contribution >= 4 is 16.8 Å². The molecule has 2 saturated heterocycles. The van der Waals surface area contributed by atoms with Gasteiger partial charge in [-0.25, -0.2) is 4.98 Å². The second-order valence-electron chi connectivity index (χ2n) is 9.24. The molecule has 34 heavy (non-hydrogen) atoms. The van der Waals surface area contributed by atoms with Crippen LogP contribution in [0.25, 0.3) is 10.9 Å². The number of amides is 1. The lowest BCUT2D eigenvalue weighted by Gasteiger charge is -2.45. The van der Waals surface area contributed by atoms with Crippen LogP contribution in [0.2, 0.25) is 0 Å². The number of methoxy groups -OCH3 is 3. The van der Waals surface area contributed by atoms with Gasteiger partial charge in [-0.2, -0.15) is 0 Å². The lowest BCUT2D eigenvalue weighted by Crippen LogP contribution is -2.52. The highest BCUT2D eigenvalue weighted by molar-refractivity contribution is 5.82. The summed E-state index contributed by atoms with van der Waals surface area (Å²) in [6, 6.07) is 3.84. The molecule has 1 aromatic carbocycles. The molecule has 0 N–H and O–H groups in total. The van der Waals surface area contributed by atoms with Crippen molar-refractivity contribution in [2.75, 3.05) is 54.1 Å². The number of hydrogen-bond donors (Lipinski definition) is 0. The third-order valence-electron chi connectivity index (χ3n) is 7.24. The van der Waals surface area contributed by atoms with Crippen LogP contribution >= 0.6 is 0 Å². The standard InChI is InChI=1S/C25H36N4O5/c1-32-12-11-28(15-18-7-6-10-27-9-5-4-8-21(18)27)24(30)16-29-17-26-20-14-23(34-3)22(33-2)13-19(20)25(29)31/h13-14,17-18,21H,4-12,15-16H2,1-3H3/t18-,21+/m0/s1. The van der Waals surface area contributed by atoms with E-state index >= 15 is 0 Å². The number of carbonyl (C=O) groups excluding carboxylic acids is 1. The van der Waals surface area contributed by atoms with Gasteiger partial charge in [0.05, 0.1) is 38.1 Å². The van der Waals surface area contributed by atoms with Gasteiger partial charge in [-0.15, -0.1) is 0 Å². The van der Waals surface area contributed by atoms with Crippen LogP contribution in [0.15, 0.2) is 23.3 Å². The van der Waals surface area contributed by atoms with Crippen LogP contribution in [0.1, 0.15) is 32.1 Å². The first-order chi connectivity index (χ1) is 16.5. The predicted molar refractivity (Wildman–Crippen MR) is 129 cm³/mol. The first-order valence-corrected chi connectivity index (χ1v) is 12.2. The Labute approximate surface area is 200 Å². The van der Waals surface area contributed by atoms with Gasteiger partial charge < -0.3 is 24.0 Å². The van der Waals surface area contributed by atoms with Crippen molar-refractivity contribution in [2.24, 2.45) is 5.92 Å². The number of aromatic nitrogens is 2. The summed E-state index contributed by atoms with van der Waals surface area (Å²) >= 11 is 0. The average Bonchev–Trinajstić information content (AvgIpc) is 2.87. The van der Waals surface area contributed by atoms with E-state index in [-0.39, 0.29) is 18.0 Å². The topological polar surface area (TPSA) is 86.1 Å². The molecule has 3 heterocycles. The Kier molecular flexibility index (Phi) is 8.05. The number of ether oxygens (including phenoxy) is 3. The molecule has 0 saturated carbocycles. The molecular weight excluding hydrogens is 436 g/mol. The van der Waals surface area contributed by atoms with Gasteiger partial charge in [0.1, 0.15) is 6.54 Å². The van der Waals surface area contributed by atoms with Gasteiger partial charge in [0.15, 0.2) is 11.5 Å². The first-order valence-electron chi connectivity index (χ1n) is 12.2. The van der Waals surface area contributed by atoms with Gasteiger partial charge in [-0.3, -0.25) is 14.2 Å². The molecule has 2 aromatic rings. The van der Waals surface area contributed by atoms with E-state index in [0.29, 0.717) is 54.1 Å². The van der Waals surface area contributed by atoms with Crippen LogP contribution in [0.4, 0.5) is 0 Å². The minimum absolute atomic E-state index is 0.0546. The lowest BCUT2D eigenvalue weighted by molar-refractivity contribution is -0.134. The predicted octanol–water partition coefficient (Wildman–Crippen LogP) is 2.15. The molecule has 2 aliphatic heterocycles. The van der Waals surface area contributed by atoms with E-state index < -0.39 is 0 Å². The normalized spacial score (nSPS) is 20.7. The summed E-state index contributed by atoms with van der Waals surface area (Å²) in [6.45, 7) is 3.96. The molecule has 186 valence electrons. The molecule has 0 radical (unpaired) electrons. The Hall–Kier alpha value is -2.65. The Bertz CT molecular complexity index is 1050. The SMILES string of the molecule is COCCN(C[C@@H]1CCCN2CCCC[C@H]12)C(=O)Cn1cnc2cc(OC)c(OC)cc2c1=O. The molecule has 0 unspecified atom stereocenters. The highest BCUT2D eigenvalue weighted by Gasteiger charge is 2.34. The van der Waals surface area contributed by atoms with E-state index in [4.69, 9.17) is 14.2 Å². The molecule has 1 amide bonds. The third-order valence-corrected chi connectivity index (χ3v) is 7.24. The van der Waals surface area contributed by atoms with Crippen LogP contribution in [0.5, 0.6) is 11.5 Å². The fourth-order valence-electron chi connectivity index (χ4n) is 5.44. The number of hydrogen-bond acceptors (Lipinski definition) is 7. The van der Waals surface area contributed by atoms with Crippen molar-refractivity contribution in [3.8, 4) is 11.5 Å². The zero-order valence-electron chi connectivity index (χ0n) is 20.5. The average molecular weight is 473 g/mol. The molecule has 0 spiro atoms. The molecule has 2 atom stereocenters. The van der Waals surface area contributed by atoms with Crippen molar-refractivity contribution in [1.29, 1.82) is 0 Å². The summed E-state index contributed by atoms with van der Waals surface area (Å²) in [4.78, 5) is 35.4. The lowest BCUT2D eigenvalue weighted by atomic mass is 9.83. The number of benzene rings is 1. The van der Waals surface area contributed by atoms with Crippen molar-refractivity contribution in [3.63, 3.8) is 0 Å². The van der Waals surface area contributed by atoms with E-state index in [1.165, 1.54) is 63.9 Å². The molecule has 1 aromatic heterocycles. The maximum absolute atomic E-state index is 13.4. The minimum atomic E-state index is -0.276. The van der Waals surface area contributed by atoms with Gasteiger partial charge in [0.25, 0.3) is 5.56 Å². The van der Waals surface area contributed by atoms with Gasteiger partial charge >= 0.3 is 0 Å². The van der Waals surface area contributed by atoms with E-state index in [2.05, 4.69) is 9.88 Å². The second kappa shape index (κ2) is 11.2. The monoisotopic (exact) mass is 472 g/mol. The third kappa shape index (κ3) is 5.20. The van der Waals surface area contributed by atoms with Gasteiger partial charge in [-0.05, 0) is 50.8 Å². The zero-order valence-corrected chi connectivity index (χ0v) is 20.5. The highest BCUT2D eigenvalue weighted by atomic mass is 16.5. The van der Waals surface area contributed by atoms with Crippen LogP contribution in [-0.4, -0.2) is 85.4 Å². The molecule has 0 bridgehead atoms. The van der Waals surface area contributed by atoms with Gasteiger partial charge in [0.2, 0.25) is 5.91 Å². The van der Waals surface area contributed by atoms with Crippen LogP contribution < -0.4 is 15.0 Å². The maximum Gasteiger partial charge on any atom is 0.261 e. The van der Waals surface area contributed by atoms with Crippen molar-refractivity contribution in [1.82, 2.24) is 19.4 Å². The van der Waals surface area contributed by atoms with Crippen LogP contribution in [-0.2, 0) is 16.1 Å². The number of rotatable bonds is 9. The summed E-state index contributed by atoms with van der Waals surface area (Å²) in [5.41, 5.74) is 0.226. The molecule has 9 nitrogen and oxygen atoms in total. The van der Waals surface area contributed by atoms with E-state index in [0.717, 1.165) is 6.42 Å². The van der Waals surface area contributed by atoms with Crippen LogP contribution in [0.3, 0.4) is 0 Å².